The Morgan fingerprint density at radius 1 is 1.14 bits per heavy atom. The zero-order chi connectivity index (χ0) is 15.8. The van der Waals surface area contributed by atoms with Gasteiger partial charge in [-0.2, -0.15) is 0 Å². The van der Waals surface area contributed by atoms with E-state index in [-0.39, 0.29) is 5.69 Å². The van der Waals surface area contributed by atoms with Crippen LogP contribution in [0.4, 0.5) is 14.9 Å². The van der Waals surface area contributed by atoms with Crippen LogP contribution >= 0.6 is 0 Å². The third-order valence-corrected chi connectivity index (χ3v) is 2.46. The highest BCUT2D eigenvalue weighted by Crippen LogP contribution is 2.10. The highest BCUT2D eigenvalue weighted by molar-refractivity contribution is 5.93. The minimum atomic E-state index is -0.753. The maximum absolute atomic E-state index is 13.0. The Morgan fingerprint density at radius 3 is 2.19 bits per heavy atom. The lowest BCUT2D eigenvalue weighted by Gasteiger charge is -2.20. The molecule has 0 bridgehead atoms. The Labute approximate surface area is 120 Å². The van der Waals surface area contributed by atoms with Crippen molar-refractivity contribution in [3.63, 3.8) is 0 Å². The molecule has 0 heterocycles. The summed E-state index contributed by atoms with van der Waals surface area (Å²) >= 11 is 0. The summed E-state index contributed by atoms with van der Waals surface area (Å²) in [6.07, 6.45) is 0. The van der Waals surface area contributed by atoms with E-state index in [1.165, 1.54) is 18.2 Å². The van der Waals surface area contributed by atoms with Crippen LogP contribution in [0.15, 0.2) is 24.3 Å². The molecule has 0 atom stereocenters. The number of ether oxygens (including phenoxy) is 2. The van der Waals surface area contributed by atoms with E-state index in [1.54, 1.807) is 0 Å². The van der Waals surface area contributed by atoms with Crippen molar-refractivity contribution in [2.45, 2.75) is 0 Å². The Hall–Kier alpha value is -2.64. The minimum Gasteiger partial charge on any atom is -0.468 e. The van der Waals surface area contributed by atoms with Crippen molar-refractivity contribution in [1.29, 1.82) is 0 Å². The Balaban J connectivity index is 2.78. The molecule has 0 spiro atoms. The molecule has 21 heavy (non-hydrogen) atoms. The number of esters is 2. The summed E-state index contributed by atoms with van der Waals surface area (Å²) < 4.78 is 21.9. The van der Waals surface area contributed by atoms with Crippen LogP contribution in [-0.4, -0.2) is 50.2 Å². The van der Waals surface area contributed by atoms with Gasteiger partial charge in [0, 0.05) is 5.69 Å². The molecule has 114 valence electrons. The lowest BCUT2D eigenvalue weighted by atomic mass is 10.3. The average molecular weight is 298 g/mol. The predicted octanol–water partition coefficient (Wildman–Crippen LogP) is 1.01. The number of benzene rings is 1. The molecule has 1 N–H and O–H groups in total. The number of urea groups is 1. The highest BCUT2D eigenvalue weighted by atomic mass is 19.1. The van der Waals surface area contributed by atoms with Gasteiger partial charge in [-0.05, 0) is 18.2 Å². The summed E-state index contributed by atoms with van der Waals surface area (Å²) in [5.41, 5.74) is 0.194. The molecule has 0 radical (unpaired) electrons. The van der Waals surface area contributed by atoms with E-state index >= 15 is 0 Å². The molecule has 0 saturated heterocycles. The summed E-state index contributed by atoms with van der Waals surface area (Å²) in [5, 5.41) is 2.37. The lowest BCUT2D eigenvalue weighted by molar-refractivity contribution is -0.144. The van der Waals surface area contributed by atoms with Crippen LogP contribution in [0.1, 0.15) is 0 Å². The van der Waals surface area contributed by atoms with E-state index in [4.69, 9.17) is 0 Å². The number of halogens is 1. The zero-order valence-corrected chi connectivity index (χ0v) is 11.6. The molecule has 1 rings (SSSR count). The van der Waals surface area contributed by atoms with Crippen molar-refractivity contribution in [2.24, 2.45) is 0 Å². The van der Waals surface area contributed by atoms with Crippen LogP contribution < -0.4 is 5.32 Å². The average Bonchev–Trinajstić information content (AvgIpc) is 2.46. The molecular formula is C13H15FN2O5. The van der Waals surface area contributed by atoms with E-state index in [0.29, 0.717) is 0 Å². The maximum atomic E-state index is 13.0. The maximum Gasteiger partial charge on any atom is 0.325 e. The quantitative estimate of drug-likeness (QED) is 0.820. The number of hydrogen-bond donors (Lipinski definition) is 1. The fraction of sp³-hybridized carbons (Fsp3) is 0.308. The monoisotopic (exact) mass is 298 g/mol. The molecule has 0 aliphatic carbocycles. The van der Waals surface area contributed by atoms with Crippen molar-refractivity contribution in [2.75, 3.05) is 32.6 Å². The topological polar surface area (TPSA) is 84.9 Å². The first-order valence-electron chi connectivity index (χ1n) is 5.91. The van der Waals surface area contributed by atoms with Gasteiger partial charge in [0.2, 0.25) is 0 Å². The lowest BCUT2D eigenvalue weighted by Crippen LogP contribution is -2.42. The van der Waals surface area contributed by atoms with Crippen molar-refractivity contribution in [3.8, 4) is 0 Å². The van der Waals surface area contributed by atoms with E-state index in [1.807, 2.05) is 0 Å². The minimum absolute atomic E-state index is 0.194. The molecular weight excluding hydrogens is 283 g/mol. The molecule has 7 nitrogen and oxygen atoms in total. The van der Waals surface area contributed by atoms with Gasteiger partial charge in [-0.25, -0.2) is 9.18 Å². The van der Waals surface area contributed by atoms with Gasteiger partial charge in [0.15, 0.2) is 0 Å². The SMILES string of the molecule is COC(=O)CN(CC(=O)OC)C(=O)Nc1cccc(F)c1. The van der Waals surface area contributed by atoms with Gasteiger partial charge in [0.25, 0.3) is 0 Å². The second-order valence-corrected chi connectivity index (χ2v) is 3.95. The molecule has 0 saturated carbocycles. The van der Waals surface area contributed by atoms with Crippen LogP contribution in [0, 0.1) is 5.82 Å². The van der Waals surface area contributed by atoms with Gasteiger partial charge in [-0.3, -0.25) is 9.59 Å². The Morgan fingerprint density at radius 2 is 1.71 bits per heavy atom. The Kier molecular flexibility index (Phi) is 6.12. The van der Waals surface area contributed by atoms with Gasteiger partial charge in [-0.1, -0.05) is 6.07 Å². The number of hydrogen-bond acceptors (Lipinski definition) is 5. The first kappa shape index (κ1) is 16.4. The van der Waals surface area contributed by atoms with E-state index in [2.05, 4.69) is 14.8 Å². The molecule has 1 aromatic rings. The molecule has 0 fully saturated rings. The third kappa shape index (κ3) is 5.47. The van der Waals surface area contributed by atoms with Crippen LogP contribution in [0.3, 0.4) is 0 Å². The van der Waals surface area contributed by atoms with E-state index in [9.17, 15) is 18.8 Å². The van der Waals surface area contributed by atoms with E-state index < -0.39 is 36.9 Å². The molecule has 0 aliphatic rings. The fourth-order valence-corrected chi connectivity index (χ4v) is 1.41. The van der Waals surface area contributed by atoms with Crippen LogP contribution in [0.25, 0.3) is 0 Å². The molecule has 0 aromatic heterocycles. The largest absolute Gasteiger partial charge is 0.468 e. The number of anilines is 1. The number of nitrogens with zero attached hydrogens (tertiary/aromatic N) is 1. The summed E-state index contributed by atoms with van der Waals surface area (Å²) in [5.74, 6) is -1.93. The normalized spacial score (nSPS) is 9.67. The second kappa shape index (κ2) is 7.83. The number of carbonyl (C=O) groups excluding carboxylic acids is 3. The number of amides is 2. The van der Waals surface area contributed by atoms with Crippen LogP contribution in [-0.2, 0) is 19.1 Å². The van der Waals surface area contributed by atoms with E-state index in [0.717, 1.165) is 25.2 Å². The first-order valence-corrected chi connectivity index (χ1v) is 5.91. The van der Waals surface area contributed by atoms with Crippen molar-refractivity contribution < 1.29 is 28.2 Å². The molecule has 0 aliphatic heterocycles. The molecule has 8 heteroatoms. The van der Waals surface area contributed by atoms with Gasteiger partial charge in [0.05, 0.1) is 14.2 Å². The molecule has 1 aromatic carbocycles. The summed E-state index contributed by atoms with van der Waals surface area (Å²) in [6, 6.07) is 4.45. The van der Waals surface area contributed by atoms with Crippen molar-refractivity contribution in [3.05, 3.63) is 30.1 Å². The van der Waals surface area contributed by atoms with Crippen molar-refractivity contribution >= 4 is 23.7 Å². The van der Waals surface area contributed by atoms with Gasteiger partial charge >= 0.3 is 18.0 Å². The standard InChI is InChI=1S/C13H15FN2O5/c1-20-11(17)7-16(8-12(18)21-2)13(19)15-10-5-3-4-9(14)6-10/h3-6H,7-8H2,1-2H3,(H,15,19). The summed E-state index contributed by atoms with van der Waals surface area (Å²) in [7, 11) is 2.31. The molecule has 0 unspecified atom stereocenters. The Bertz CT molecular complexity index is 517. The van der Waals surface area contributed by atoms with Gasteiger partial charge < -0.3 is 19.7 Å². The van der Waals surface area contributed by atoms with Crippen molar-refractivity contribution in [1.82, 2.24) is 4.90 Å². The van der Waals surface area contributed by atoms with Gasteiger partial charge in [-0.15, -0.1) is 0 Å². The van der Waals surface area contributed by atoms with Gasteiger partial charge in [0.1, 0.15) is 18.9 Å². The summed E-state index contributed by atoms with van der Waals surface area (Å²) in [6.45, 7) is -0.875. The number of carbonyl (C=O) groups is 3. The third-order valence-electron chi connectivity index (χ3n) is 2.46. The number of nitrogens with one attached hydrogen (secondary N) is 1. The predicted molar refractivity (Wildman–Crippen MR) is 71.0 cm³/mol. The van der Waals surface area contributed by atoms with Crippen LogP contribution in [0.2, 0.25) is 0 Å². The summed E-state index contributed by atoms with van der Waals surface area (Å²) in [4.78, 5) is 35.4. The number of rotatable bonds is 5. The fourth-order valence-electron chi connectivity index (χ4n) is 1.41. The highest BCUT2D eigenvalue weighted by Gasteiger charge is 2.21. The second-order valence-electron chi connectivity index (χ2n) is 3.95. The zero-order valence-electron chi connectivity index (χ0n) is 11.6. The smallest absolute Gasteiger partial charge is 0.325 e. The number of methoxy groups -OCH3 is 2. The molecule has 2 amide bonds. The van der Waals surface area contributed by atoms with Crippen LogP contribution in [0.5, 0.6) is 0 Å². The first-order chi connectivity index (χ1) is 9.96.